The fourth-order valence-corrected chi connectivity index (χ4v) is 4.98. The van der Waals surface area contributed by atoms with Crippen molar-refractivity contribution in [2.75, 3.05) is 0 Å². The van der Waals surface area contributed by atoms with Crippen LogP contribution in [0.5, 0.6) is 0 Å². The first-order valence-electron chi connectivity index (χ1n) is 5.27. The van der Waals surface area contributed by atoms with Crippen LogP contribution in [0, 0.1) is 11.8 Å². The van der Waals surface area contributed by atoms with Gasteiger partial charge in [-0.15, -0.1) is 0 Å². The average Bonchev–Trinajstić information content (AvgIpc) is 2.94. The van der Waals surface area contributed by atoms with Gasteiger partial charge >= 0.3 is 0 Å². The van der Waals surface area contributed by atoms with Crippen LogP contribution in [0.25, 0.3) is 0 Å². The zero-order valence-corrected chi connectivity index (χ0v) is 9.07. The number of aromatic nitrogens is 3. The molecule has 0 radical (unpaired) electrons. The van der Waals surface area contributed by atoms with E-state index in [-0.39, 0.29) is 10.4 Å². The molecule has 2 aliphatic carbocycles. The minimum atomic E-state index is -3.26. The third-order valence-corrected chi connectivity index (χ3v) is 5.84. The zero-order chi connectivity index (χ0) is 10.5. The molecule has 3 rings (SSSR count). The summed E-state index contributed by atoms with van der Waals surface area (Å²) >= 11 is 0. The monoisotopic (exact) mass is 227 g/mol. The Morgan fingerprint density at radius 2 is 2.20 bits per heavy atom. The predicted octanol–water partition coefficient (Wildman–Crippen LogP) is 0.767. The molecule has 82 valence electrons. The highest BCUT2D eigenvalue weighted by Gasteiger charge is 2.47. The Labute approximate surface area is 88.2 Å². The summed E-state index contributed by atoms with van der Waals surface area (Å²) in [7, 11) is -3.26. The van der Waals surface area contributed by atoms with Gasteiger partial charge in [0.05, 0.1) is 5.25 Å². The van der Waals surface area contributed by atoms with E-state index in [4.69, 9.17) is 0 Å². The summed E-state index contributed by atoms with van der Waals surface area (Å²) in [6, 6.07) is 0. The van der Waals surface area contributed by atoms with Crippen LogP contribution >= 0.6 is 0 Å². The van der Waals surface area contributed by atoms with Crippen LogP contribution < -0.4 is 0 Å². The number of sulfone groups is 1. The van der Waals surface area contributed by atoms with Gasteiger partial charge in [-0.2, -0.15) is 5.10 Å². The van der Waals surface area contributed by atoms with Gasteiger partial charge in [-0.05, 0) is 31.1 Å². The molecular formula is C9H13N3O2S. The summed E-state index contributed by atoms with van der Waals surface area (Å²) in [5, 5.41) is 5.89. The molecule has 3 unspecified atom stereocenters. The number of hydrogen-bond donors (Lipinski definition) is 1. The number of hydrogen-bond acceptors (Lipinski definition) is 4. The van der Waals surface area contributed by atoms with E-state index in [1.807, 2.05) is 0 Å². The Kier molecular flexibility index (Phi) is 1.89. The van der Waals surface area contributed by atoms with E-state index in [0.29, 0.717) is 11.8 Å². The summed E-state index contributed by atoms with van der Waals surface area (Å²) in [5.41, 5.74) is 0. The maximum absolute atomic E-state index is 12.2. The molecule has 2 bridgehead atoms. The molecule has 0 spiro atoms. The Hall–Kier alpha value is -0.910. The SMILES string of the molecule is O=S(=O)(c1ncn[nH]1)C1CC2CCC1C2. The second kappa shape index (κ2) is 3.04. The van der Waals surface area contributed by atoms with Crippen LogP contribution in [0.15, 0.2) is 11.5 Å². The van der Waals surface area contributed by atoms with Gasteiger partial charge in [-0.3, -0.25) is 5.10 Å². The van der Waals surface area contributed by atoms with Gasteiger partial charge in [-0.1, -0.05) is 6.42 Å². The summed E-state index contributed by atoms with van der Waals surface area (Å²) in [4.78, 5) is 3.76. The Bertz CT molecular complexity index is 454. The first-order valence-corrected chi connectivity index (χ1v) is 6.82. The topological polar surface area (TPSA) is 75.7 Å². The van der Waals surface area contributed by atoms with E-state index >= 15 is 0 Å². The highest BCUT2D eigenvalue weighted by atomic mass is 32.2. The van der Waals surface area contributed by atoms with Gasteiger partial charge in [0.2, 0.25) is 15.0 Å². The highest BCUT2D eigenvalue weighted by molar-refractivity contribution is 7.91. The standard InChI is InChI=1S/C9H13N3O2S/c13-15(14,9-10-5-11-12-9)8-4-6-1-2-7(8)3-6/h5-8H,1-4H2,(H,10,11,12). The van der Waals surface area contributed by atoms with Crippen molar-refractivity contribution in [2.24, 2.45) is 11.8 Å². The lowest BCUT2D eigenvalue weighted by molar-refractivity contribution is 0.462. The van der Waals surface area contributed by atoms with Crippen molar-refractivity contribution in [3.8, 4) is 0 Å². The van der Waals surface area contributed by atoms with E-state index < -0.39 is 9.84 Å². The van der Waals surface area contributed by atoms with Crippen LogP contribution in [0.4, 0.5) is 0 Å². The third kappa shape index (κ3) is 1.31. The van der Waals surface area contributed by atoms with Crippen LogP contribution in [-0.2, 0) is 9.84 Å². The molecule has 1 aromatic rings. The van der Waals surface area contributed by atoms with Crippen molar-refractivity contribution >= 4 is 9.84 Å². The summed E-state index contributed by atoms with van der Waals surface area (Å²) in [6.07, 6.45) is 5.40. The molecule has 0 amide bonds. The van der Waals surface area contributed by atoms with Crippen LogP contribution in [0.3, 0.4) is 0 Å². The second-order valence-electron chi connectivity index (χ2n) is 4.55. The molecule has 2 aliphatic rings. The second-order valence-corrected chi connectivity index (χ2v) is 6.63. The molecule has 2 saturated carbocycles. The highest BCUT2D eigenvalue weighted by Crippen LogP contribution is 2.48. The van der Waals surface area contributed by atoms with Gasteiger partial charge < -0.3 is 0 Å². The molecule has 2 fully saturated rings. The maximum Gasteiger partial charge on any atom is 0.243 e. The van der Waals surface area contributed by atoms with Crippen molar-refractivity contribution in [3.05, 3.63) is 6.33 Å². The molecule has 1 N–H and O–H groups in total. The summed E-state index contributed by atoms with van der Waals surface area (Å²) in [5.74, 6) is 0.975. The van der Waals surface area contributed by atoms with E-state index in [9.17, 15) is 8.42 Å². The maximum atomic E-state index is 12.2. The lowest BCUT2D eigenvalue weighted by atomic mass is 10.0. The minimum absolute atomic E-state index is 0.0417. The molecule has 3 atom stereocenters. The normalized spacial score (nSPS) is 34.8. The van der Waals surface area contributed by atoms with E-state index in [2.05, 4.69) is 15.2 Å². The van der Waals surface area contributed by atoms with E-state index in [1.54, 1.807) is 0 Å². The summed E-state index contributed by atoms with van der Waals surface area (Å²) < 4.78 is 24.3. The summed E-state index contributed by atoms with van der Waals surface area (Å²) in [6.45, 7) is 0. The van der Waals surface area contributed by atoms with Crippen LogP contribution in [0.2, 0.25) is 0 Å². The largest absolute Gasteiger partial charge is 0.250 e. The molecule has 0 aromatic carbocycles. The number of nitrogens with one attached hydrogen (secondary N) is 1. The van der Waals surface area contributed by atoms with Crippen LogP contribution in [-0.4, -0.2) is 28.8 Å². The number of aromatic amines is 1. The Morgan fingerprint density at radius 1 is 1.33 bits per heavy atom. The van der Waals surface area contributed by atoms with Gasteiger partial charge in [0, 0.05) is 0 Å². The molecule has 15 heavy (non-hydrogen) atoms. The Balaban J connectivity index is 1.95. The van der Waals surface area contributed by atoms with Crippen LogP contribution in [0.1, 0.15) is 25.7 Å². The number of fused-ring (bicyclic) bond motifs is 2. The minimum Gasteiger partial charge on any atom is -0.250 e. The molecule has 1 aromatic heterocycles. The third-order valence-electron chi connectivity index (χ3n) is 3.73. The van der Waals surface area contributed by atoms with Crippen molar-refractivity contribution in [3.63, 3.8) is 0 Å². The number of H-pyrrole nitrogens is 1. The smallest absolute Gasteiger partial charge is 0.243 e. The number of rotatable bonds is 2. The molecule has 0 aliphatic heterocycles. The fourth-order valence-electron chi connectivity index (χ4n) is 3.04. The van der Waals surface area contributed by atoms with Crippen molar-refractivity contribution < 1.29 is 8.42 Å². The Morgan fingerprint density at radius 3 is 2.73 bits per heavy atom. The lowest BCUT2D eigenvalue weighted by Gasteiger charge is -2.19. The zero-order valence-electron chi connectivity index (χ0n) is 8.26. The first-order chi connectivity index (χ1) is 7.18. The molecule has 1 heterocycles. The van der Waals surface area contributed by atoms with Crippen molar-refractivity contribution in [1.29, 1.82) is 0 Å². The number of nitrogens with zero attached hydrogens (tertiary/aromatic N) is 2. The van der Waals surface area contributed by atoms with Gasteiger partial charge in [-0.25, -0.2) is 13.4 Å². The first kappa shape index (κ1) is 9.33. The van der Waals surface area contributed by atoms with E-state index in [0.717, 1.165) is 19.3 Å². The molecular weight excluding hydrogens is 214 g/mol. The fraction of sp³-hybridized carbons (Fsp3) is 0.778. The van der Waals surface area contributed by atoms with Crippen molar-refractivity contribution in [2.45, 2.75) is 36.1 Å². The van der Waals surface area contributed by atoms with E-state index in [1.165, 1.54) is 12.7 Å². The molecule has 6 heteroatoms. The van der Waals surface area contributed by atoms with Gasteiger partial charge in [0.1, 0.15) is 6.33 Å². The molecule has 5 nitrogen and oxygen atoms in total. The molecule has 0 saturated heterocycles. The quantitative estimate of drug-likeness (QED) is 0.809. The van der Waals surface area contributed by atoms with Crippen molar-refractivity contribution in [1.82, 2.24) is 15.2 Å². The predicted molar refractivity (Wildman–Crippen MR) is 52.8 cm³/mol. The van der Waals surface area contributed by atoms with Gasteiger partial charge in [0.15, 0.2) is 0 Å². The lowest BCUT2D eigenvalue weighted by Crippen LogP contribution is -2.28. The average molecular weight is 227 g/mol. The van der Waals surface area contributed by atoms with Gasteiger partial charge in [0.25, 0.3) is 0 Å².